The summed E-state index contributed by atoms with van der Waals surface area (Å²) in [5.74, 6) is -0.899. The van der Waals surface area contributed by atoms with Crippen LogP contribution >= 0.6 is 0 Å². The van der Waals surface area contributed by atoms with Crippen LogP contribution in [0.2, 0.25) is 0 Å². The molecule has 1 unspecified atom stereocenters. The van der Waals surface area contributed by atoms with Gasteiger partial charge in [-0.05, 0) is 37.5 Å². The van der Waals surface area contributed by atoms with E-state index in [1.165, 1.54) is 0 Å². The SMILES string of the molecule is Cc1ccc(C(=O)O)c(NC2CCCOC2)c1. The maximum absolute atomic E-state index is 11.1. The van der Waals surface area contributed by atoms with E-state index in [9.17, 15) is 4.79 Å². The van der Waals surface area contributed by atoms with Crippen LogP contribution in [0.1, 0.15) is 28.8 Å². The highest BCUT2D eigenvalue weighted by Gasteiger charge is 2.17. The van der Waals surface area contributed by atoms with E-state index >= 15 is 0 Å². The van der Waals surface area contributed by atoms with E-state index in [1.54, 1.807) is 6.07 Å². The maximum atomic E-state index is 11.1. The van der Waals surface area contributed by atoms with Crippen molar-refractivity contribution >= 4 is 11.7 Å². The average molecular weight is 235 g/mol. The molecule has 0 radical (unpaired) electrons. The number of rotatable bonds is 3. The van der Waals surface area contributed by atoms with Crippen LogP contribution in [0, 0.1) is 6.92 Å². The number of benzene rings is 1. The maximum Gasteiger partial charge on any atom is 0.337 e. The van der Waals surface area contributed by atoms with Gasteiger partial charge in [0.15, 0.2) is 0 Å². The van der Waals surface area contributed by atoms with Gasteiger partial charge in [-0.15, -0.1) is 0 Å². The molecule has 1 aliphatic rings. The lowest BCUT2D eigenvalue weighted by Crippen LogP contribution is -2.30. The second-order valence-corrected chi connectivity index (χ2v) is 4.41. The van der Waals surface area contributed by atoms with Crippen LogP contribution in [-0.4, -0.2) is 30.3 Å². The lowest BCUT2D eigenvalue weighted by Gasteiger charge is -2.25. The Bertz CT molecular complexity index is 411. The van der Waals surface area contributed by atoms with Crippen LogP contribution in [-0.2, 0) is 4.74 Å². The number of aromatic carboxylic acids is 1. The minimum absolute atomic E-state index is 0.212. The van der Waals surface area contributed by atoms with E-state index in [2.05, 4.69) is 5.32 Å². The van der Waals surface area contributed by atoms with Gasteiger partial charge in [-0.1, -0.05) is 6.07 Å². The van der Waals surface area contributed by atoms with Crippen LogP contribution in [0.25, 0.3) is 0 Å². The predicted octanol–water partition coefficient (Wildman–Crippen LogP) is 2.28. The van der Waals surface area contributed by atoms with Crippen molar-refractivity contribution in [1.82, 2.24) is 0 Å². The van der Waals surface area contributed by atoms with Crippen molar-refractivity contribution in [1.29, 1.82) is 0 Å². The summed E-state index contributed by atoms with van der Waals surface area (Å²) < 4.78 is 5.37. The van der Waals surface area contributed by atoms with Crippen molar-refractivity contribution in [3.63, 3.8) is 0 Å². The van der Waals surface area contributed by atoms with Gasteiger partial charge in [0.2, 0.25) is 0 Å². The average Bonchev–Trinajstić information content (AvgIpc) is 2.30. The molecule has 2 rings (SSSR count). The van der Waals surface area contributed by atoms with E-state index in [0.29, 0.717) is 17.9 Å². The summed E-state index contributed by atoms with van der Waals surface area (Å²) in [4.78, 5) is 11.1. The molecule has 1 saturated heterocycles. The summed E-state index contributed by atoms with van der Waals surface area (Å²) in [7, 11) is 0. The molecule has 0 aliphatic carbocycles. The fraction of sp³-hybridized carbons (Fsp3) is 0.462. The molecule has 4 nitrogen and oxygen atoms in total. The van der Waals surface area contributed by atoms with Gasteiger partial charge in [0.25, 0.3) is 0 Å². The van der Waals surface area contributed by atoms with Crippen molar-refractivity contribution in [2.45, 2.75) is 25.8 Å². The first-order chi connectivity index (χ1) is 8.16. The van der Waals surface area contributed by atoms with Crippen molar-refractivity contribution in [3.8, 4) is 0 Å². The lowest BCUT2D eigenvalue weighted by atomic mass is 10.1. The Hall–Kier alpha value is -1.55. The van der Waals surface area contributed by atoms with Crippen molar-refractivity contribution < 1.29 is 14.6 Å². The zero-order valence-electron chi connectivity index (χ0n) is 9.90. The number of carboxylic acid groups (broad SMARTS) is 1. The Morgan fingerprint density at radius 2 is 2.35 bits per heavy atom. The molecule has 0 bridgehead atoms. The van der Waals surface area contributed by atoms with Gasteiger partial charge in [-0.2, -0.15) is 0 Å². The zero-order chi connectivity index (χ0) is 12.3. The van der Waals surface area contributed by atoms with Crippen molar-refractivity contribution in [2.75, 3.05) is 18.5 Å². The molecule has 1 aromatic rings. The topological polar surface area (TPSA) is 58.6 Å². The zero-order valence-corrected chi connectivity index (χ0v) is 9.90. The molecule has 1 fully saturated rings. The summed E-state index contributed by atoms with van der Waals surface area (Å²) in [6.45, 7) is 3.40. The second kappa shape index (κ2) is 5.19. The van der Waals surface area contributed by atoms with Crippen LogP contribution in [0.5, 0.6) is 0 Å². The van der Waals surface area contributed by atoms with Crippen LogP contribution in [0.15, 0.2) is 18.2 Å². The Kier molecular flexibility index (Phi) is 3.64. The summed E-state index contributed by atoms with van der Waals surface area (Å²) in [5, 5.41) is 12.4. The molecule has 2 N–H and O–H groups in total. The Morgan fingerprint density at radius 3 is 3.00 bits per heavy atom. The first kappa shape index (κ1) is 11.9. The number of hydrogen-bond acceptors (Lipinski definition) is 3. The Morgan fingerprint density at radius 1 is 1.53 bits per heavy atom. The first-order valence-electron chi connectivity index (χ1n) is 5.85. The Balaban J connectivity index is 2.17. The van der Waals surface area contributed by atoms with E-state index in [4.69, 9.17) is 9.84 Å². The molecular weight excluding hydrogens is 218 g/mol. The summed E-state index contributed by atoms with van der Waals surface area (Å²) >= 11 is 0. The molecule has 1 atom stereocenters. The smallest absolute Gasteiger partial charge is 0.337 e. The van der Waals surface area contributed by atoms with E-state index < -0.39 is 5.97 Å². The normalized spacial score (nSPS) is 19.9. The molecule has 4 heteroatoms. The second-order valence-electron chi connectivity index (χ2n) is 4.41. The fourth-order valence-electron chi connectivity index (χ4n) is 2.04. The van der Waals surface area contributed by atoms with Gasteiger partial charge in [0.1, 0.15) is 0 Å². The lowest BCUT2D eigenvalue weighted by molar-refractivity contribution is 0.0696. The van der Waals surface area contributed by atoms with Crippen molar-refractivity contribution in [2.24, 2.45) is 0 Å². The van der Waals surface area contributed by atoms with E-state index in [0.717, 1.165) is 25.0 Å². The molecule has 17 heavy (non-hydrogen) atoms. The third kappa shape index (κ3) is 2.97. The highest BCUT2D eigenvalue weighted by molar-refractivity contribution is 5.94. The van der Waals surface area contributed by atoms with Crippen LogP contribution < -0.4 is 5.32 Å². The third-order valence-corrected chi connectivity index (χ3v) is 2.93. The van der Waals surface area contributed by atoms with Crippen LogP contribution in [0.3, 0.4) is 0 Å². The molecule has 0 saturated carbocycles. The Labute approximate surface area is 101 Å². The highest BCUT2D eigenvalue weighted by Crippen LogP contribution is 2.20. The van der Waals surface area contributed by atoms with Gasteiger partial charge in [-0.3, -0.25) is 0 Å². The van der Waals surface area contributed by atoms with E-state index in [-0.39, 0.29) is 6.04 Å². The molecule has 1 aliphatic heterocycles. The molecule has 1 heterocycles. The number of carboxylic acids is 1. The fourth-order valence-corrected chi connectivity index (χ4v) is 2.04. The largest absolute Gasteiger partial charge is 0.478 e. The minimum Gasteiger partial charge on any atom is -0.478 e. The quantitative estimate of drug-likeness (QED) is 0.843. The first-order valence-corrected chi connectivity index (χ1v) is 5.85. The number of carbonyl (C=O) groups is 1. The molecule has 0 spiro atoms. The molecule has 0 amide bonds. The van der Waals surface area contributed by atoms with Gasteiger partial charge in [-0.25, -0.2) is 4.79 Å². The molecular formula is C13H17NO3. The van der Waals surface area contributed by atoms with Gasteiger partial charge in [0, 0.05) is 18.3 Å². The monoisotopic (exact) mass is 235 g/mol. The minimum atomic E-state index is -0.899. The summed E-state index contributed by atoms with van der Waals surface area (Å²) in [6, 6.07) is 5.54. The third-order valence-electron chi connectivity index (χ3n) is 2.93. The summed E-state index contributed by atoms with van der Waals surface area (Å²) in [6.07, 6.45) is 2.04. The molecule has 92 valence electrons. The van der Waals surface area contributed by atoms with E-state index in [1.807, 2.05) is 19.1 Å². The van der Waals surface area contributed by atoms with Crippen LogP contribution in [0.4, 0.5) is 5.69 Å². The van der Waals surface area contributed by atoms with Gasteiger partial charge in [0.05, 0.1) is 12.2 Å². The van der Waals surface area contributed by atoms with Crippen molar-refractivity contribution in [3.05, 3.63) is 29.3 Å². The van der Waals surface area contributed by atoms with Gasteiger partial charge >= 0.3 is 5.97 Å². The molecule has 0 aromatic heterocycles. The number of anilines is 1. The predicted molar refractivity (Wildman–Crippen MR) is 65.6 cm³/mol. The number of nitrogens with one attached hydrogen (secondary N) is 1. The molecule has 1 aromatic carbocycles. The highest BCUT2D eigenvalue weighted by atomic mass is 16.5. The standard InChI is InChI=1S/C13H17NO3/c1-9-4-5-11(13(15)16)12(7-9)14-10-3-2-6-17-8-10/h4-5,7,10,14H,2-3,6,8H2,1H3,(H,15,16). The number of hydrogen-bond donors (Lipinski definition) is 2. The number of ether oxygens (including phenoxy) is 1. The summed E-state index contributed by atoms with van der Waals surface area (Å²) in [5.41, 5.74) is 2.06. The number of aryl methyl sites for hydroxylation is 1. The van der Waals surface area contributed by atoms with Gasteiger partial charge < -0.3 is 15.2 Å².